The van der Waals surface area contributed by atoms with Crippen molar-refractivity contribution in [2.24, 2.45) is 0 Å². The Morgan fingerprint density at radius 3 is 2.44 bits per heavy atom. The molecule has 2 aromatic rings. The Bertz CT molecular complexity index is 850. The molecule has 0 spiro atoms. The number of rotatable bonds is 2. The van der Waals surface area contributed by atoms with Crippen molar-refractivity contribution in [3.63, 3.8) is 0 Å². The third-order valence-corrected chi connectivity index (χ3v) is 6.71. The number of anilines is 1. The van der Waals surface area contributed by atoms with Crippen LogP contribution in [0, 0.1) is 6.92 Å². The van der Waals surface area contributed by atoms with Crippen LogP contribution in [0.1, 0.15) is 22.8 Å². The molecule has 3 rings (SSSR count). The molecule has 1 fully saturated rings. The Morgan fingerprint density at radius 2 is 1.72 bits per heavy atom. The monoisotopic (exact) mass is 358 g/mol. The maximum absolute atomic E-state index is 12.6. The van der Waals surface area contributed by atoms with E-state index in [1.54, 1.807) is 4.90 Å². The Labute approximate surface area is 148 Å². The Balaban J connectivity index is 1.74. The number of urea groups is 1. The molecule has 1 N–H and O–H groups in total. The second-order valence-corrected chi connectivity index (χ2v) is 8.59. The Morgan fingerprint density at radius 1 is 1.04 bits per heavy atom. The van der Waals surface area contributed by atoms with Gasteiger partial charge in [0.2, 0.25) is 0 Å². The van der Waals surface area contributed by atoms with Crippen molar-refractivity contribution in [2.75, 3.05) is 24.2 Å². The van der Waals surface area contributed by atoms with Gasteiger partial charge < -0.3 is 10.2 Å². The first-order valence-electron chi connectivity index (χ1n) is 8.35. The van der Waals surface area contributed by atoms with E-state index in [1.807, 2.05) is 61.5 Å². The van der Waals surface area contributed by atoms with Crippen LogP contribution >= 0.6 is 0 Å². The van der Waals surface area contributed by atoms with Crippen molar-refractivity contribution >= 4 is 21.6 Å². The van der Waals surface area contributed by atoms with Crippen molar-refractivity contribution in [3.05, 3.63) is 65.7 Å². The molecule has 1 atom stereocenters. The molecule has 0 aromatic heterocycles. The van der Waals surface area contributed by atoms with Gasteiger partial charge >= 0.3 is 6.03 Å². The quantitative estimate of drug-likeness (QED) is 0.895. The van der Waals surface area contributed by atoms with Crippen molar-refractivity contribution in [2.45, 2.75) is 18.6 Å². The molecule has 2 amide bonds. The number of para-hydroxylation sites is 1. The number of carbonyl (C=O) groups is 1. The van der Waals surface area contributed by atoms with Gasteiger partial charge in [0.15, 0.2) is 9.84 Å². The summed E-state index contributed by atoms with van der Waals surface area (Å²) in [7, 11) is -3.28. The number of amides is 2. The maximum Gasteiger partial charge on any atom is 0.321 e. The topological polar surface area (TPSA) is 66.5 Å². The summed E-state index contributed by atoms with van der Waals surface area (Å²) in [5.74, 6) is -0.0201. The molecule has 1 aliphatic rings. The predicted octanol–water partition coefficient (Wildman–Crippen LogP) is 3.39. The highest BCUT2D eigenvalue weighted by molar-refractivity contribution is 7.91. The van der Waals surface area contributed by atoms with Crippen molar-refractivity contribution in [3.8, 4) is 0 Å². The molecular weight excluding hydrogens is 336 g/mol. The number of nitrogens with one attached hydrogen (secondary N) is 1. The first kappa shape index (κ1) is 17.5. The lowest BCUT2D eigenvalue weighted by Gasteiger charge is -2.21. The van der Waals surface area contributed by atoms with Crippen LogP contribution in [0.3, 0.4) is 0 Å². The number of hydrogen-bond acceptors (Lipinski definition) is 3. The minimum absolute atomic E-state index is 0.0201. The van der Waals surface area contributed by atoms with Gasteiger partial charge in [-0.2, -0.15) is 0 Å². The summed E-state index contributed by atoms with van der Waals surface area (Å²) >= 11 is 0. The van der Waals surface area contributed by atoms with Gasteiger partial charge in [0, 0.05) is 18.8 Å². The second-order valence-electron chi connectivity index (χ2n) is 6.29. The normalized spacial score (nSPS) is 19.9. The van der Waals surface area contributed by atoms with Gasteiger partial charge in [0.05, 0.1) is 11.0 Å². The summed E-state index contributed by atoms with van der Waals surface area (Å²) in [6.07, 6.45) is 0.410. The van der Waals surface area contributed by atoms with Gasteiger partial charge in [-0.25, -0.2) is 13.2 Å². The van der Waals surface area contributed by atoms with Gasteiger partial charge in [-0.1, -0.05) is 48.5 Å². The average molecular weight is 358 g/mol. The highest BCUT2D eigenvalue weighted by Crippen LogP contribution is 2.29. The maximum atomic E-state index is 12.6. The summed E-state index contributed by atoms with van der Waals surface area (Å²) in [4.78, 5) is 14.1. The van der Waals surface area contributed by atoms with E-state index in [0.29, 0.717) is 13.0 Å². The lowest BCUT2D eigenvalue weighted by atomic mass is 10.1. The van der Waals surface area contributed by atoms with Crippen LogP contribution in [0.2, 0.25) is 0 Å². The van der Waals surface area contributed by atoms with Crippen LogP contribution in [0.15, 0.2) is 54.6 Å². The van der Waals surface area contributed by atoms with Crippen molar-refractivity contribution in [1.82, 2.24) is 4.90 Å². The zero-order chi connectivity index (χ0) is 17.9. The van der Waals surface area contributed by atoms with E-state index in [4.69, 9.17) is 0 Å². The molecule has 132 valence electrons. The minimum atomic E-state index is -3.28. The Hall–Kier alpha value is -2.34. The molecule has 1 heterocycles. The molecule has 1 saturated heterocycles. The van der Waals surface area contributed by atoms with Gasteiger partial charge in [-0.15, -0.1) is 0 Å². The largest absolute Gasteiger partial charge is 0.323 e. The Kier molecular flexibility index (Phi) is 5.08. The molecule has 1 unspecified atom stereocenters. The van der Waals surface area contributed by atoms with Crippen LogP contribution in [0.25, 0.3) is 0 Å². The molecule has 0 radical (unpaired) electrons. The molecule has 0 aliphatic carbocycles. The average Bonchev–Trinajstić information content (AvgIpc) is 2.76. The summed E-state index contributed by atoms with van der Waals surface area (Å²) in [6.45, 7) is 2.55. The summed E-state index contributed by atoms with van der Waals surface area (Å²) in [5.41, 5.74) is 2.52. The van der Waals surface area contributed by atoms with Gasteiger partial charge in [-0.05, 0) is 30.5 Å². The number of aryl methyl sites for hydroxylation is 1. The van der Waals surface area contributed by atoms with Crippen LogP contribution < -0.4 is 5.32 Å². The van der Waals surface area contributed by atoms with E-state index < -0.39 is 15.1 Å². The number of nitrogens with zero attached hydrogens (tertiary/aromatic N) is 1. The predicted molar refractivity (Wildman–Crippen MR) is 99.4 cm³/mol. The van der Waals surface area contributed by atoms with E-state index in [0.717, 1.165) is 16.8 Å². The van der Waals surface area contributed by atoms with Crippen molar-refractivity contribution < 1.29 is 13.2 Å². The number of hydrogen-bond donors (Lipinski definition) is 1. The van der Waals surface area contributed by atoms with Crippen LogP contribution in [0.4, 0.5) is 10.5 Å². The number of benzene rings is 2. The highest BCUT2D eigenvalue weighted by Gasteiger charge is 2.32. The molecule has 0 bridgehead atoms. The minimum Gasteiger partial charge on any atom is -0.323 e. The molecule has 5 nitrogen and oxygen atoms in total. The second kappa shape index (κ2) is 7.27. The fourth-order valence-electron chi connectivity index (χ4n) is 3.10. The smallest absolute Gasteiger partial charge is 0.321 e. The first-order valence-corrected chi connectivity index (χ1v) is 10.1. The van der Waals surface area contributed by atoms with Crippen LogP contribution in [0.5, 0.6) is 0 Å². The zero-order valence-corrected chi connectivity index (χ0v) is 15.0. The van der Waals surface area contributed by atoms with Crippen molar-refractivity contribution in [1.29, 1.82) is 0 Å². The fraction of sp³-hybridized carbons (Fsp3) is 0.316. The molecule has 25 heavy (non-hydrogen) atoms. The molecule has 2 aromatic carbocycles. The van der Waals surface area contributed by atoms with Gasteiger partial charge in [0.25, 0.3) is 0 Å². The lowest BCUT2D eigenvalue weighted by molar-refractivity contribution is 0.215. The summed E-state index contributed by atoms with van der Waals surface area (Å²) in [5, 5.41) is 2.33. The standard InChI is InChI=1S/C19H22N2O3S/c1-15-7-5-6-10-17(15)20-19(22)21-12-11-18(25(23,24)14-13-21)16-8-3-2-4-9-16/h2-10,18H,11-14H2,1H3,(H,20,22). The zero-order valence-electron chi connectivity index (χ0n) is 14.2. The SMILES string of the molecule is Cc1ccccc1NC(=O)N1CCC(c2ccccc2)S(=O)(=O)CC1. The third kappa shape index (κ3) is 4.02. The highest BCUT2D eigenvalue weighted by atomic mass is 32.2. The molecular formula is C19H22N2O3S. The van der Waals surface area contributed by atoms with E-state index in [2.05, 4.69) is 5.32 Å². The fourth-order valence-corrected chi connectivity index (χ4v) is 4.89. The molecule has 6 heteroatoms. The van der Waals surface area contributed by atoms with E-state index in [-0.39, 0.29) is 18.3 Å². The third-order valence-electron chi connectivity index (χ3n) is 4.59. The van der Waals surface area contributed by atoms with Gasteiger partial charge in [-0.3, -0.25) is 0 Å². The van der Waals surface area contributed by atoms with E-state index >= 15 is 0 Å². The van der Waals surface area contributed by atoms with Gasteiger partial charge in [0.1, 0.15) is 0 Å². The van der Waals surface area contributed by atoms with Crippen LogP contribution in [-0.2, 0) is 9.84 Å². The lowest BCUT2D eigenvalue weighted by Crippen LogP contribution is -2.37. The number of sulfone groups is 1. The van der Waals surface area contributed by atoms with Crippen LogP contribution in [-0.4, -0.2) is 38.2 Å². The molecule has 1 aliphatic heterocycles. The first-order chi connectivity index (χ1) is 12.0. The summed E-state index contributed by atoms with van der Waals surface area (Å²) < 4.78 is 25.2. The number of carbonyl (C=O) groups excluding carboxylic acids is 1. The molecule has 0 saturated carbocycles. The van der Waals surface area contributed by atoms with E-state index in [9.17, 15) is 13.2 Å². The summed E-state index contributed by atoms with van der Waals surface area (Å²) in [6, 6.07) is 16.5. The van der Waals surface area contributed by atoms with E-state index in [1.165, 1.54) is 0 Å².